The van der Waals surface area contributed by atoms with E-state index in [2.05, 4.69) is 16.2 Å². The van der Waals surface area contributed by atoms with Crippen molar-refractivity contribution in [2.75, 3.05) is 20.8 Å². The van der Waals surface area contributed by atoms with Gasteiger partial charge in [0.1, 0.15) is 11.5 Å². The molecule has 6 heteroatoms. The fourth-order valence-corrected chi connectivity index (χ4v) is 2.97. The minimum Gasteiger partial charge on any atom is -0.497 e. The van der Waals surface area contributed by atoms with Crippen LogP contribution in [0.25, 0.3) is 0 Å². The third kappa shape index (κ3) is 4.10. The number of benzene rings is 2. The van der Waals surface area contributed by atoms with E-state index >= 15 is 0 Å². The number of hydrogen-bond acceptors (Lipinski definition) is 5. The Hall–Kier alpha value is -2.57. The third-order valence-electron chi connectivity index (χ3n) is 4.39. The van der Waals surface area contributed by atoms with E-state index in [1.165, 1.54) is 0 Å². The zero-order chi connectivity index (χ0) is 17.6. The zero-order valence-corrected chi connectivity index (χ0v) is 14.4. The molecule has 2 atom stereocenters. The van der Waals surface area contributed by atoms with Gasteiger partial charge in [0, 0.05) is 13.1 Å². The Morgan fingerprint density at radius 2 is 1.88 bits per heavy atom. The number of hydrogen-bond donors (Lipinski definition) is 3. The van der Waals surface area contributed by atoms with Gasteiger partial charge >= 0.3 is 0 Å². The second-order valence-electron chi connectivity index (χ2n) is 5.95. The molecule has 25 heavy (non-hydrogen) atoms. The fraction of sp³-hybridized carbons (Fsp3) is 0.316. The highest BCUT2D eigenvalue weighted by Crippen LogP contribution is 2.26. The first-order chi connectivity index (χ1) is 12.2. The molecule has 6 nitrogen and oxygen atoms in total. The lowest BCUT2D eigenvalue weighted by molar-refractivity contribution is -0.125. The molecular weight excluding hydrogens is 318 g/mol. The molecule has 132 valence electrons. The lowest BCUT2D eigenvalue weighted by Crippen LogP contribution is -2.34. The molecule has 1 heterocycles. The molecule has 1 aliphatic heterocycles. The maximum absolute atomic E-state index is 12.6. The molecule has 0 aromatic heterocycles. The van der Waals surface area contributed by atoms with Gasteiger partial charge in [0.15, 0.2) is 0 Å². The van der Waals surface area contributed by atoms with Gasteiger partial charge in [-0.2, -0.15) is 0 Å². The number of hydrazine groups is 1. The van der Waals surface area contributed by atoms with E-state index in [1.54, 1.807) is 14.2 Å². The van der Waals surface area contributed by atoms with Crippen molar-refractivity contribution < 1.29 is 14.3 Å². The Kier molecular flexibility index (Phi) is 5.53. The molecular formula is C19H23N3O3. The van der Waals surface area contributed by atoms with Gasteiger partial charge < -0.3 is 14.8 Å². The Morgan fingerprint density at radius 1 is 1.12 bits per heavy atom. The van der Waals surface area contributed by atoms with Crippen LogP contribution in [-0.4, -0.2) is 26.7 Å². The molecule has 1 aliphatic rings. The summed E-state index contributed by atoms with van der Waals surface area (Å²) in [5, 5.41) is 3.02. The first kappa shape index (κ1) is 17.3. The molecule has 3 N–H and O–H groups in total. The normalized spacial score (nSPS) is 19.4. The van der Waals surface area contributed by atoms with Crippen molar-refractivity contribution in [2.24, 2.45) is 5.92 Å². The molecule has 2 aromatic rings. The maximum atomic E-state index is 12.6. The van der Waals surface area contributed by atoms with Crippen LogP contribution in [0.2, 0.25) is 0 Å². The summed E-state index contributed by atoms with van der Waals surface area (Å²) in [6.07, 6.45) is 0. The van der Waals surface area contributed by atoms with Crippen LogP contribution in [0.4, 0.5) is 0 Å². The standard InChI is InChI=1S/C19H23N3O3/c1-24-15-8-6-14(7-9-15)18-17(12-21-22-18)19(23)20-11-13-4-3-5-16(10-13)25-2/h3-10,17-18,21-22H,11-12H2,1-2H3,(H,20,23). The summed E-state index contributed by atoms with van der Waals surface area (Å²) in [6, 6.07) is 15.4. The van der Waals surface area contributed by atoms with E-state index in [0.717, 1.165) is 22.6 Å². The van der Waals surface area contributed by atoms with Gasteiger partial charge in [0.2, 0.25) is 5.91 Å². The molecule has 1 saturated heterocycles. The minimum absolute atomic E-state index is 0.0149. The van der Waals surface area contributed by atoms with E-state index in [4.69, 9.17) is 9.47 Å². The average molecular weight is 341 g/mol. The second-order valence-corrected chi connectivity index (χ2v) is 5.95. The molecule has 3 rings (SSSR count). The van der Waals surface area contributed by atoms with Crippen molar-refractivity contribution in [2.45, 2.75) is 12.6 Å². The van der Waals surface area contributed by atoms with Crippen LogP contribution < -0.4 is 25.6 Å². The maximum Gasteiger partial charge on any atom is 0.226 e. The topological polar surface area (TPSA) is 71.6 Å². The average Bonchev–Trinajstić information content (AvgIpc) is 3.16. The molecule has 2 aromatic carbocycles. The van der Waals surface area contributed by atoms with Crippen LogP contribution in [0.1, 0.15) is 17.2 Å². The van der Waals surface area contributed by atoms with Gasteiger partial charge in [-0.3, -0.25) is 10.2 Å². The highest BCUT2D eigenvalue weighted by atomic mass is 16.5. The van der Waals surface area contributed by atoms with Gasteiger partial charge in [0.05, 0.1) is 26.2 Å². The highest BCUT2D eigenvalue weighted by molar-refractivity contribution is 5.80. The summed E-state index contributed by atoms with van der Waals surface area (Å²) in [7, 11) is 3.27. The SMILES string of the molecule is COc1ccc(C2NNCC2C(=O)NCc2cccc(OC)c2)cc1. The number of carbonyl (C=O) groups is 1. The van der Waals surface area contributed by atoms with E-state index in [1.807, 2.05) is 48.5 Å². The van der Waals surface area contributed by atoms with Gasteiger partial charge in [-0.1, -0.05) is 24.3 Å². The van der Waals surface area contributed by atoms with E-state index in [0.29, 0.717) is 13.1 Å². The van der Waals surface area contributed by atoms with Crippen molar-refractivity contribution in [3.05, 3.63) is 59.7 Å². The van der Waals surface area contributed by atoms with Crippen molar-refractivity contribution in [1.82, 2.24) is 16.2 Å². The molecule has 0 radical (unpaired) electrons. The summed E-state index contributed by atoms with van der Waals surface area (Å²) in [5.74, 6) is 1.42. The van der Waals surface area contributed by atoms with Crippen LogP contribution in [-0.2, 0) is 11.3 Å². The lowest BCUT2D eigenvalue weighted by Gasteiger charge is -2.19. The Labute approximate surface area is 147 Å². The van der Waals surface area contributed by atoms with Gasteiger partial charge in [-0.05, 0) is 35.4 Å². The lowest BCUT2D eigenvalue weighted by atomic mass is 9.94. The van der Waals surface area contributed by atoms with Gasteiger partial charge in [0.25, 0.3) is 0 Å². The number of rotatable bonds is 6. The number of carbonyl (C=O) groups excluding carboxylic acids is 1. The molecule has 2 unspecified atom stereocenters. The van der Waals surface area contributed by atoms with Crippen molar-refractivity contribution >= 4 is 5.91 Å². The Bertz CT molecular complexity index is 718. The molecule has 0 saturated carbocycles. The van der Waals surface area contributed by atoms with Crippen LogP contribution in [0.3, 0.4) is 0 Å². The van der Waals surface area contributed by atoms with Gasteiger partial charge in [-0.15, -0.1) is 0 Å². The van der Waals surface area contributed by atoms with Crippen LogP contribution in [0.5, 0.6) is 11.5 Å². The van der Waals surface area contributed by atoms with Crippen molar-refractivity contribution in [3.8, 4) is 11.5 Å². The summed E-state index contributed by atoms with van der Waals surface area (Å²) in [4.78, 5) is 12.6. The predicted molar refractivity (Wildman–Crippen MR) is 95.2 cm³/mol. The third-order valence-corrected chi connectivity index (χ3v) is 4.39. The number of ether oxygens (including phenoxy) is 2. The molecule has 0 aliphatic carbocycles. The van der Waals surface area contributed by atoms with Crippen molar-refractivity contribution in [3.63, 3.8) is 0 Å². The van der Waals surface area contributed by atoms with E-state index < -0.39 is 0 Å². The van der Waals surface area contributed by atoms with E-state index in [-0.39, 0.29) is 17.9 Å². The largest absolute Gasteiger partial charge is 0.497 e. The molecule has 0 bridgehead atoms. The summed E-state index contributed by atoms with van der Waals surface area (Å²) in [6.45, 7) is 1.06. The quantitative estimate of drug-likeness (QED) is 0.747. The Balaban J connectivity index is 1.63. The smallest absolute Gasteiger partial charge is 0.226 e. The van der Waals surface area contributed by atoms with Crippen LogP contribution in [0.15, 0.2) is 48.5 Å². The molecule has 1 amide bonds. The first-order valence-corrected chi connectivity index (χ1v) is 8.24. The highest BCUT2D eigenvalue weighted by Gasteiger charge is 2.33. The number of nitrogens with one attached hydrogen (secondary N) is 3. The molecule has 0 spiro atoms. The first-order valence-electron chi connectivity index (χ1n) is 8.24. The second kappa shape index (κ2) is 8.00. The fourth-order valence-electron chi connectivity index (χ4n) is 2.97. The van der Waals surface area contributed by atoms with Crippen LogP contribution in [0, 0.1) is 5.92 Å². The zero-order valence-electron chi connectivity index (χ0n) is 14.4. The minimum atomic E-state index is -0.181. The summed E-state index contributed by atoms with van der Waals surface area (Å²) >= 11 is 0. The Morgan fingerprint density at radius 3 is 2.60 bits per heavy atom. The van der Waals surface area contributed by atoms with Crippen molar-refractivity contribution in [1.29, 1.82) is 0 Å². The predicted octanol–water partition coefficient (Wildman–Crippen LogP) is 1.79. The number of methoxy groups -OCH3 is 2. The monoisotopic (exact) mass is 341 g/mol. The van der Waals surface area contributed by atoms with E-state index in [9.17, 15) is 4.79 Å². The van der Waals surface area contributed by atoms with Gasteiger partial charge in [-0.25, -0.2) is 5.43 Å². The molecule has 1 fully saturated rings. The van der Waals surface area contributed by atoms with Crippen LogP contribution >= 0.6 is 0 Å². The summed E-state index contributed by atoms with van der Waals surface area (Å²) < 4.78 is 10.4. The number of amides is 1. The summed E-state index contributed by atoms with van der Waals surface area (Å²) in [5.41, 5.74) is 8.33.